The Hall–Kier alpha value is -3.09. The Bertz CT molecular complexity index is 1040. The van der Waals surface area contributed by atoms with Gasteiger partial charge in [0.1, 0.15) is 0 Å². The second-order valence-corrected chi connectivity index (χ2v) is 8.00. The summed E-state index contributed by atoms with van der Waals surface area (Å²) < 4.78 is 5.21. The zero-order chi connectivity index (χ0) is 19.8. The van der Waals surface area contributed by atoms with Crippen LogP contribution in [0, 0.1) is 5.41 Å². The summed E-state index contributed by atoms with van der Waals surface area (Å²) in [4.78, 5) is 29.6. The van der Waals surface area contributed by atoms with E-state index < -0.39 is 0 Å². The lowest BCUT2D eigenvalue weighted by atomic mass is 9.77. The molecule has 2 saturated heterocycles. The molecule has 150 valence electrons. The lowest BCUT2D eigenvalue weighted by Crippen LogP contribution is -2.45. The third-order valence-corrected chi connectivity index (χ3v) is 6.47. The van der Waals surface area contributed by atoms with Crippen molar-refractivity contribution in [2.75, 3.05) is 31.6 Å². The van der Waals surface area contributed by atoms with Crippen LogP contribution in [0.2, 0.25) is 0 Å². The number of piperidine rings is 1. The normalized spacial score (nSPS) is 18.7. The molecule has 0 saturated carbocycles. The first-order valence-corrected chi connectivity index (χ1v) is 10.1. The van der Waals surface area contributed by atoms with Crippen LogP contribution < -0.4 is 9.64 Å². The van der Waals surface area contributed by atoms with E-state index in [1.165, 1.54) is 10.9 Å². The molecule has 4 heterocycles. The summed E-state index contributed by atoms with van der Waals surface area (Å²) >= 11 is 0. The highest BCUT2D eigenvalue weighted by atomic mass is 16.5. The summed E-state index contributed by atoms with van der Waals surface area (Å²) in [5.74, 6) is 1.55. The largest absolute Gasteiger partial charge is 0.481 e. The number of carbonyl (C=O) groups excluding carboxylic acids is 1. The highest BCUT2D eigenvalue weighted by molar-refractivity contribution is 5.87. The first-order valence-electron chi connectivity index (χ1n) is 10.1. The van der Waals surface area contributed by atoms with E-state index in [-0.39, 0.29) is 5.41 Å². The summed E-state index contributed by atoms with van der Waals surface area (Å²) in [7, 11) is 1.61. The molecule has 29 heavy (non-hydrogen) atoms. The van der Waals surface area contributed by atoms with Crippen molar-refractivity contribution in [2.24, 2.45) is 5.41 Å². The van der Waals surface area contributed by atoms with E-state index in [0.29, 0.717) is 24.3 Å². The van der Waals surface area contributed by atoms with Crippen molar-refractivity contribution >= 4 is 22.8 Å². The number of hydrogen-bond donors (Lipinski definition) is 1. The topological polar surface area (TPSA) is 74.3 Å². The third kappa shape index (κ3) is 3.10. The number of nitrogens with zero attached hydrogens (tertiary/aromatic N) is 4. The van der Waals surface area contributed by atoms with E-state index in [1.807, 2.05) is 23.2 Å². The van der Waals surface area contributed by atoms with Crippen LogP contribution in [0.4, 0.5) is 5.95 Å². The standard InChI is InChI=1S/C22H25N5O2/c1-29-19-6-10-23-21(25-19)26-11-7-22(8-12-26)9-13-27(20(22)28)15-16-14-24-18-5-3-2-4-17(16)18/h2-6,10,14,24H,7-9,11-13,15H2,1H3. The highest BCUT2D eigenvalue weighted by Gasteiger charge is 2.48. The van der Waals surface area contributed by atoms with Gasteiger partial charge in [0.25, 0.3) is 0 Å². The number of benzene rings is 1. The van der Waals surface area contributed by atoms with Crippen LogP contribution in [0.5, 0.6) is 5.88 Å². The summed E-state index contributed by atoms with van der Waals surface area (Å²) in [6.45, 7) is 3.08. The van der Waals surface area contributed by atoms with Gasteiger partial charge in [0, 0.05) is 55.5 Å². The quantitative estimate of drug-likeness (QED) is 0.740. The minimum absolute atomic E-state index is 0.235. The van der Waals surface area contributed by atoms with Crippen LogP contribution in [0.1, 0.15) is 24.8 Å². The Kier molecular flexibility index (Phi) is 4.38. The monoisotopic (exact) mass is 391 g/mol. The molecular weight excluding hydrogens is 366 g/mol. The maximum absolute atomic E-state index is 13.3. The van der Waals surface area contributed by atoms with Gasteiger partial charge in [-0.05, 0) is 30.9 Å². The number of amides is 1. The van der Waals surface area contributed by atoms with Crippen molar-refractivity contribution in [2.45, 2.75) is 25.8 Å². The van der Waals surface area contributed by atoms with E-state index in [9.17, 15) is 4.79 Å². The average Bonchev–Trinajstić information content (AvgIpc) is 3.31. The first-order chi connectivity index (χ1) is 14.2. The van der Waals surface area contributed by atoms with E-state index in [2.05, 4.69) is 32.0 Å². The van der Waals surface area contributed by atoms with Gasteiger partial charge in [-0.3, -0.25) is 4.79 Å². The fourth-order valence-corrected chi connectivity index (χ4v) is 4.71. The molecule has 2 aliphatic heterocycles. The zero-order valence-corrected chi connectivity index (χ0v) is 16.6. The molecule has 0 radical (unpaired) electrons. The molecule has 2 aromatic heterocycles. The maximum Gasteiger partial charge on any atom is 0.229 e. The van der Waals surface area contributed by atoms with Gasteiger partial charge >= 0.3 is 0 Å². The molecule has 0 unspecified atom stereocenters. The van der Waals surface area contributed by atoms with Gasteiger partial charge in [0.2, 0.25) is 17.7 Å². The molecule has 1 aromatic carbocycles. The summed E-state index contributed by atoms with van der Waals surface area (Å²) in [6.07, 6.45) is 6.37. The Morgan fingerprint density at radius 2 is 1.93 bits per heavy atom. The van der Waals surface area contributed by atoms with Gasteiger partial charge < -0.3 is 19.5 Å². The summed E-state index contributed by atoms with van der Waals surface area (Å²) in [6, 6.07) is 10.0. The number of para-hydroxylation sites is 1. The number of aromatic nitrogens is 3. The number of rotatable bonds is 4. The number of likely N-dealkylation sites (tertiary alicyclic amines) is 1. The van der Waals surface area contributed by atoms with Crippen molar-refractivity contribution in [1.29, 1.82) is 0 Å². The molecule has 7 nitrogen and oxygen atoms in total. The Morgan fingerprint density at radius 3 is 2.76 bits per heavy atom. The van der Waals surface area contributed by atoms with Gasteiger partial charge in [-0.2, -0.15) is 4.98 Å². The highest BCUT2D eigenvalue weighted by Crippen LogP contribution is 2.42. The molecule has 3 aromatic rings. The number of nitrogens with one attached hydrogen (secondary N) is 1. The molecule has 0 atom stereocenters. The molecule has 2 aliphatic rings. The van der Waals surface area contributed by atoms with E-state index >= 15 is 0 Å². The van der Waals surface area contributed by atoms with Crippen molar-refractivity contribution in [3.05, 3.63) is 48.3 Å². The molecular formula is C22H25N5O2. The molecule has 5 rings (SSSR count). The number of methoxy groups -OCH3 is 1. The Balaban J connectivity index is 1.27. The minimum atomic E-state index is -0.235. The van der Waals surface area contributed by atoms with Crippen molar-refractivity contribution in [3.63, 3.8) is 0 Å². The number of ether oxygens (including phenoxy) is 1. The smallest absolute Gasteiger partial charge is 0.229 e. The van der Waals surface area contributed by atoms with Crippen molar-refractivity contribution < 1.29 is 9.53 Å². The SMILES string of the molecule is COc1ccnc(N2CCC3(CCN(Cc4c[nH]c5ccccc45)C3=O)CC2)n1. The number of fused-ring (bicyclic) bond motifs is 1. The summed E-state index contributed by atoms with van der Waals surface area (Å²) in [5.41, 5.74) is 2.07. The van der Waals surface area contributed by atoms with Crippen LogP contribution in [-0.4, -0.2) is 52.5 Å². The van der Waals surface area contributed by atoms with Crippen LogP contribution in [-0.2, 0) is 11.3 Å². The molecule has 1 spiro atoms. The molecule has 1 amide bonds. The molecule has 0 bridgehead atoms. The van der Waals surface area contributed by atoms with Gasteiger partial charge in [0.15, 0.2) is 0 Å². The second-order valence-electron chi connectivity index (χ2n) is 8.00. The van der Waals surface area contributed by atoms with Crippen LogP contribution >= 0.6 is 0 Å². The minimum Gasteiger partial charge on any atom is -0.481 e. The average molecular weight is 391 g/mol. The van der Waals surface area contributed by atoms with Crippen molar-refractivity contribution in [1.82, 2.24) is 19.9 Å². The number of H-pyrrole nitrogens is 1. The summed E-state index contributed by atoms with van der Waals surface area (Å²) in [5, 5.41) is 1.20. The van der Waals surface area contributed by atoms with E-state index in [1.54, 1.807) is 19.4 Å². The van der Waals surface area contributed by atoms with Gasteiger partial charge in [0.05, 0.1) is 12.5 Å². The third-order valence-electron chi connectivity index (χ3n) is 6.47. The number of hydrogen-bond acceptors (Lipinski definition) is 5. The number of aromatic amines is 1. The van der Waals surface area contributed by atoms with Gasteiger partial charge in [-0.25, -0.2) is 4.98 Å². The second kappa shape index (κ2) is 7.06. The molecule has 1 N–H and O–H groups in total. The van der Waals surface area contributed by atoms with Gasteiger partial charge in [-0.15, -0.1) is 0 Å². The predicted octanol–water partition coefficient (Wildman–Crippen LogP) is 2.99. The van der Waals surface area contributed by atoms with Crippen LogP contribution in [0.15, 0.2) is 42.7 Å². The van der Waals surface area contributed by atoms with E-state index in [4.69, 9.17) is 4.74 Å². The zero-order valence-electron chi connectivity index (χ0n) is 16.6. The fourth-order valence-electron chi connectivity index (χ4n) is 4.71. The lowest BCUT2D eigenvalue weighted by molar-refractivity contribution is -0.137. The van der Waals surface area contributed by atoms with E-state index in [0.717, 1.165) is 44.4 Å². The maximum atomic E-state index is 13.3. The Morgan fingerprint density at radius 1 is 1.14 bits per heavy atom. The predicted molar refractivity (Wildman–Crippen MR) is 111 cm³/mol. The number of anilines is 1. The van der Waals surface area contributed by atoms with Crippen LogP contribution in [0.25, 0.3) is 10.9 Å². The van der Waals surface area contributed by atoms with Crippen molar-refractivity contribution in [3.8, 4) is 5.88 Å². The lowest BCUT2D eigenvalue weighted by Gasteiger charge is -2.38. The van der Waals surface area contributed by atoms with Gasteiger partial charge in [-0.1, -0.05) is 18.2 Å². The number of carbonyl (C=O) groups is 1. The first kappa shape index (κ1) is 18.0. The molecule has 0 aliphatic carbocycles. The molecule has 7 heteroatoms. The van der Waals surface area contributed by atoms with Crippen LogP contribution in [0.3, 0.4) is 0 Å². The molecule has 2 fully saturated rings. The Labute approximate surface area is 169 Å². The fraction of sp³-hybridized carbons (Fsp3) is 0.409.